The van der Waals surface area contributed by atoms with Gasteiger partial charge < -0.3 is 20.1 Å². The van der Waals surface area contributed by atoms with Crippen LogP contribution in [0.3, 0.4) is 0 Å². The van der Waals surface area contributed by atoms with Crippen LogP contribution in [0.15, 0.2) is 5.38 Å². The number of carboxylic acid groups (broad SMARTS) is 1. The Morgan fingerprint density at radius 3 is 2.80 bits per heavy atom. The Hall–Kier alpha value is -1.67. The van der Waals surface area contributed by atoms with E-state index in [1.165, 1.54) is 23.3 Å². The first kappa shape index (κ1) is 16.4. The highest BCUT2D eigenvalue weighted by Crippen LogP contribution is 2.09. The minimum Gasteiger partial charge on any atom is -0.480 e. The van der Waals surface area contributed by atoms with Gasteiger partial charge in [0.2, 0.25) is 0 Å². The van der Waals surface area contributed by atoms with Crippen LogP contribution in [0.1, 0.15) is 17.1 Å². The van der Waals surface area contributed by atoms with E-state index < -0.39 is 18.0 Å². The summed E-state index contributed by atoms with van der Waals surface area (Å²) in [7, 11) is 3.08. The number of urea groups is 1. The lowest BCUT2D eigenvalue weighted by molar-refractivity contribution is -0.139. The van der Waals surface area contributed by atoms with E-state index in [9.17, 15) is 9.59 Å². The molecule has 2 amide bonds. The summed E-state index contributed by atoms with van der Waals surface area (Å²) in [4.78, 5) is 28.6. The molecule has 2 N–H and O–H groups in total. The SMILES string of the molecule is COCCC(NC(=O)N(C)Cc1csc(C)n1)C(=O)O. The highest BCUT2D eigenvalue weighted by atomic mass is 32.1. The zero-order valence-corrected chi connectivity index (χ0v) is 12.6. The van der Waals surface area contributed by atoms with Gasteiger partial charge in [0.1, 0.15) is 6.04 Å². The number of ether oxygens (including phenoxy) is 1. The molecule has 0 saturated carbocycles. The summed E-state index contributed by atoms with van der Waals surface area (Å²) < 4.78 is 4.83. The molecule has 1 unspecified atom stereocenters. The Balaban J connectivity index is 2.52. The quantitative estimate of drug-likeness (QED) is 0.786. The largest absolute Gasteiger partial charge is 0.480 e. The first-order valence-corrected chi connectivity index (χ1v) is 6.96. The van der Waals surface area contributed by atoms with Crippen LogP contribution < -0.4 is 5.32 Å². The van der Waals surface area contributed by atoms with Crippen LogP contribution >= 0.6 is 11.3 Å². The van der Waals surface area contributed by atoms with E-state index in [0.717, 1.165) is 10.7 Å². The Kier molecular flexibility index (Phi) is 6.40. The van der Waals surface area contributed by atoms with Crippen LogP contribution in [0, 0.1) is 6.92 Å². The van der Waals surface area contributed by atoms with Crippen molar-refractivity contribution in [2.75, 3.05) is 20.8 Å². The van der Waals surface area contributed by atoms with Crippen molar-refractivity contribution in [1.29, 1.82) is 0 Å². The third-order valence-electron chi connectivity index (χ3n) is 2.62. The number of aliphatic carboxylic acids is 1. The lowest BCUT2D eigenvalue weighted by atomic mass is 10.2. The number of nitrogens with one attached hydrogen (secondary N) is 1. The minimum atomic E-state index is -1.08. The summed E-state index contributed by atoms with van der Waals surface area (Å²) >= 11 is 1.51. The minimum absolute atomic E-state index is 0.223. The van der Waals surface area contributed by atoms with E-state index in [0.29, 0.717) is 6.54 Å². The maximum absolute atomic E-state index is 11.9. The number of hydrogen-bond acceptors (Lipinski definition) is 5. The van der Waals surface area contributed by atoms with Gasteiger partial charge in [-0.25, -0.2) is 14.6 Å². The van der Waals surface area contributed by atoms with E-state index in [1.807, 2.05) is 12.3 Å². The molecule has 20 heavy (non-hydrogen) atoms. The van der Waals surface area contributed by atoms with E-state index in [4.69, 9.17) is 9.84 Å². The molecule has 1 aromatic rings. The second kappa shape index (κ2) is 7.81. The van der Waals surface area contributed by atoms with E-state index in [-0.39, 0.29) is 13.0 Å². The number of carbonyl (C=O) groups is 2. The summed E-state index contributed by atoms with van der Waals surface area (Å²) in [6.45, 7) is 2.50. The molecule has 0 aliphatic carbocycles. The number of thiazole rings is 1. The first-order chi connectivity index (χ1) is 9.43. The van der Waals surface area contributed by atoms with Gasteiger partial charge in [-0.3, -0.25) is 0 Å². The summed E-state index contributed by atoms with van der Waals surface area (Å²) in [6, 6.07) is -1.40. The van der Waals surface area contributed by atoms with E-state index in [2.05, 4.69) is 10.3 Å². The van der Waals surface area contributed by atoms with Gasteiger partial charge in [-0.15, -0.1) is 11.3 Å². The first-order valence-electron chi connectivity index (χ1n) is 6.08. The fraction of sp³-hybridized carbons (Fsp3) is 0.583. The predicted molar refractivity (Wildman–Crippen MR) is 74.8 cm³/mol. The van der Waals surface area contributed by atoms with Crippen molar-refractivity contribution in [3.63, 3.8) is 0 Å². The van der Waals surface area contributed by atoms with Gasteiger partial charge in [0.15, 0.2) is 0 Å². The van der Waals surface area contributed by atoms with Crippen molar-refractivity contribution >= 4 is 23.3 Å². The number of amides is 2. The van der Waals surface area contributed by atoms with Crippen LogP contribution in [0.2, 0.25) is 0 Å². The molecule has 1 rings (SSSR count). The number of carboxylic acids is 1. The molecule has 0 aliphatic heterocycles. The summed E-state index contributed by atoms with van der Waals surface area (Å²) in [5.41, 5.74) is 0.786. The Morgan fingerprint density at radius 1 is 1.60 bits per heavy atom. The predicted octanol–water partition coefficient (Wildman–Crippen LogP) is 1.08. The highest BCUT2D eigenvalue weighted by Gasteiger charge is 2.21. The van der Waals surface area contributed by atoms with Crippen LogP contribution in [0.5, 0.6) is 0 Å². The molecule has 0 fully saturated rings. The molecule has 1 aromatic heterocycles. The molecule has 1 atom stereocenters. The van der Waals surface area contributed by atoms with Crippen molar-refractivity contribution < 1.29 is 19.4 Å². The Labute approximate surface area is 121 Å². The van der Waals surface area contributed by atoms with Crippen LogP contribution in [0.4, 0.5) is 4.79 Å². The third kappa shape index (κ3) is 5.14. The molecular formula is C12H19N3O4S. The number of aryl methyl sites for hydroxylation is 1. The zero-order valence-electron chi connectivity index (χ0n) is 11.8. The summed E-state index contributed by atoms with van der Waals surface area (Å²) in [6.07, 6.45) is 0.223. The average molecular weight is 301 g/mol. The second-order valence-electron chi connectivity index (χ2n) is 4.34. The van der Waals surface area contributed by atoms with Crippen LogP contribution in [-0.2, 0) is 16.1 Å². The second-order valence-corrected chi connectivity index (χ2v) is 5.40. The van der Waals surface area contributed by atoms with Crippen molar-refractivity contribution in [2.45, 2.75) is 25.9 Å². The summed E-state index contributed by atoms with van der Waals surface area (Å²) in [5, 5.41) is 14.3. The lowest BCUT2D eigenvalue weighted by Gasteiger charge is -2.20. The van der Waals surface area contributed by atoms with Gasteiger partial charge in [-0.2, -0.15) is 0 Å². The standard InChI is InChI=1S/C12H19N3O4S/c1-8-13-9(7-20-8)6-15(2)12(18)14-10(11(16)17)4-5-19-3/h7,10H,4-6H2,1-3H3,(H,14,18)(H,16,17). The number of hydrogen-bond donors (Lipinski definition) is 2. The molecule has 7 nitrogen and oxygen atoms in total. The van der Waals surface area contributed by atoms with Crippen molar-refractivity contribution in [2.24, 2.45) is 0 Å². The van der Waals surface area contributed by atoms with Gasteiger partial charge in [-0.1, -0.05) is 0 Å². The molecule has 0 aromatic carbocycles. The van der Waals surface area contributed by atoms with Crippen LogP contribution in [-0.4, -0.2) is 53.8 Å². The fourth-order valence-electron chi connectivity index (χ4n) is 1.55. The van der Waals surface area contributed by atoms with Crippen molar-refractivity contribution in [3.05, 3.63) is 16.1 Å². The van der Waals surface area contributed by atoms with Crippen LogP contribution in [0.25, 0.3) is 0 Å². The smallest absolute Gasteiger partial charge is 0.326 e. The van der Waals surface area contributed by atoms with E-state index in [1.54, 1.807) is 7.05 Å². The monoisotopic (exact) mass is 301 g/mol. The highest BCUT2D eigenvalue weighted by molar-refractivity contribution is 7.09. The van der Waals surface area contributed by atoms with Gasteiger partial charge in [0, 0.05) is 32.6 Å². The number of rotatable bonds is 7. The normalized spacial score (nSPS) is 11.9. The molecule has 0 saturated heterocycles. The lowest BCUT2D eigenvalue weighted by Crippen LogP contribution is -2.46. The summed E-state index contributed by atoms with van der Waals surface area (Å²) in [5.74, 6) is -1.08. The van der Waals surface area contributed by atoms with Gasteiger partial charge in [0.25, 0.3) is 0 Å². The fourth-order valence-corrected chi connectivity index (χ4v) is 2.15. The third-order valence-corrected chi connectivity index (χ3v) is 3.44. The molecule has 0 radical (unpaired) electrons. The molecular weight excluding hydrogens is 282 g/mol. The molecule has 0 spiro atoms. The van der Waals surface area contributed by atoms with Gasteiger partial charge in [0.05, 0.1) is 17.2 Å². The van der Waals surface area contributed by atoms with Crippen molar-refractivity contribution in [3.8, 4) is 0 Å². The number of carbonyl (C=O) groups excluding carboxylic acids is 1. The molecule has 112 valence electrons. The Morgan fingerprint density at radius 2 is 2.30 bits per heavy atom. The average Bonchev–Trinajstić information content (AvgIpc) is 2.79. The number of aromatic nitrogens is 1. The maximum atomic E-state index is 11.9. The van der Waals surface area contributed by atoms with Gasteiger partial charge >= 0.3 is 12.0 Å². The maximum Gasteiger partial charge on any atom is 0.326 e. The van der Waals surface area contributed by atoms with Gasteiger partial charge in [-0.05, 0) is 6.92 Å². The van der Waals surface area contributed by atoms with E-state index >= 15 is 0 Å². The topological polar surface area (TPSA) is 91.8 Å². The Bertz CT molecular complexity index is 463. The van der Waals surface area contributed by atoms with Crippen molar-refractivity contribution in [1.82, 2.24) is 15.2 Å². The molecule has 8 heteroatoms. The molecule has 0 bridgehead atoms. The molecule has 1 heterocycles. The number of nitrogens with zero attached hydrogens (tertiary/aromatic N) is 2. The number of methoxy groups -OCH3 is 1. The zero-order chi connectivity index (χ0) is 15.1. The molecule has 0 aliphatic rings.